The van der Waals surface area contributed by atoms with Gasteiger partial charge < -0.3 is 21.7 Å². The maximum Gasteiger partial charge on any atom is 0.251 e. The van der Waals surface area contributed by atoms with E-state index in [0.717, 1.165) is 36.0 Å². The van der Waals surface area contributed by atoms with Gasteiger partial charge >= 0.3 is 0 Å². The van der Waals surface area contributed by atoms with Gasteiger partial charge in [0.25, 0.3) is 5.91 Å². The van der Waals surface area contributed by atoms with Gasteiger partial charge in [-0.1, -0.05) is 12.1 Å². The molecule has 1 aromatic carbocycles. The summed E-state index contributed by atoms with van der Waals surface area (Å²) < 4.78 is 0. The van der Waals surface area contributed by atoms with Crippen molar-refractivity contribution in [3.05, 3.63) is 51.5 Å². The van der Waals surface area contributed by atoms with Crippen LogP contribution in [0.1, 0.15) is 32.7 Å². The highest BCUT2D eigenvalue weighted by Gasteiger charge is 2.06. The first kappa shape index (κ1) is 24.8. The molecule has 0 aliphatic carbocycles. The molecule has 2 amide bonds. The molecular formula is C19H27IN6O2S. The number of rotatable bonds is 9. The van der Waals surface area contributed by atoms with Gasteiger partial charge in [-0.05, 0) is 31.5 Å². The van der Waals surface area contributed by atoms with Gasteiger partial charge in [0.2, 0.25) is 5.91 Å². The van der Waals surface area contributed by atoms with Crippen molar-refractivity contribution in [2.24, 2.45) is 10.7 Å². The standard InChI is InChI=1S/C19H26N6O2S.HI/c1-3-21-19(22-9-8-17-23-10-13(2)28-17)25-11-14-4-6-15(7-5-14)18(27)24-12-16(20)26;/h4-7,10H,3,8-9,11-12H2,1-2H3,(H2,20,26)(H,24,27)(H2,21,22,25);1H. The first-order valence-electron chi connectivity index (χ1n) is 9.07. The number of aryl methyl sites for hydroxylation is 1. The SMILES string of the molecule is CCNC(=NCc1ccc(C(=O)NCC(N)=O)cc1)NCCc1ncc(C)s1.I. The number of nitrogens with zero attached hydrogens (tertiary/aromatic N) is 2. The van der Waals surface area contributed by atoms with E-state index in [2.05, 4.69) is 25.9 Å². The van der Waals surface area contributed by atoms with Gasteiger partial charge in [-0.2, -0.15) is 0 Å². The summed E-state index contributed by atoms with van der Waals surface area (Å²) in [4.78, 5) is 32.7. The molecule has 2 aromatic rings. The Bertz CT molecular complexity index is 822. The van der Waals surface area contributed by atoms with E-state index < -0.39 is 5.91 Å². The lowest BCUT2D eigenvalue weighted by atomic mass is 10.1. The van der Waals surface area contributed by atoms with Gasteiger partial charge in [-0.3, -0.25) is 9.59 Å². The molecule has 29 heavy (non-hydrogen) atoms. The van der Waals surface area contributed by atoms with Crippen molar-refractivity contribution >= 4 is 53.1 Å². The number of amides is 2. The monoisotopic (exact) mass is 530 g/mol. The second-order valence-corrected chi connectivity index (χ2v) is 7.40. The molecule has 10 heteroatoms. The number of benzene rings is 1. The molecule has 0 aliphatic heterocycles. The maximum atomic E-state index is 11.9. The summed E-state index contributed by atoms with van der Waals surface area (Å²) in [5, 5.41) is 10.1. The highest BCUT2D eigenvalue weighted by atomic mass is 127. The summed E-state index contributed by atoms with van der Waals surface area (Å²) in [7, 11) is 0. The topological polar surface area (TPSA) is 122 Å². The van der Waals surface area contributed by atoms with Gasteiger partial charge in [-0.15, -0.1) is 35.3 Å². The number of thiazole rings is 1. The second kappa shape index (κ2) is 13.1. The van der Waals surface area contributed by atoms with Crippen molar-refractivity contribution in [3.63, 3.8) is 0 Å². The number of nitrogens with one attached hydrogen (secondary N) is 3. The lowest BCUT2D eigenvalue weighted by Gasteiger charge is -2.10. The number of hydrogen-bond acceptors (Lipinski definition) is 5. The third kappa shape index (κ3) is 9.22. The summed E-state index contributed by atoms with van der Waals surface area (Å²) in [6.45, 7) is 5.88. The Balaban J connectivity index is 0.00000420. The van der Waals surface area contributed by atoms with Crippen LogP contribution >= 0.6 is 35.3 Å². The molecule has 1 heterocycles. The van der Waals surface area contributed by atoms with Crippen molar-refractivity contribution < 1.29 is 9.59 Å². The molecule has 5 N–H and O–H groups in total. The van der Waals surface area contributed by atoms with Crippen molar-refractivity contribution in [2.75, 3.05) is 19.6 Å². The quantitative estimate of drug-likeness (QED) is 0.223. The molecule has 0 unspecified atom stereocenters. The van der Waals surface area contributed by atoms with E-state index >= 15 is 0 Å². The van der Waals surface area contributed by atoms with E-state index in [1.807, 2.05) is 32.2 Å². The number of guanidine groups is 1. The number of aromatic nitrogens is 1. The molecule has 0 radical (unpaired) electrons. The molecule has 158 valence electrons. The maximum absolute atomic E-state index is 11.9. The largest absolute Gasteiger partial charge is 0.368 e. The smallest absolute Gasteiger partial charge is 0.251 e. The van der Waals surface area contributed by atoms with Gasteiger partial charge in [0.1, 0.15) is 0 Å². The highest BCUT2D eigenvalue weighted by molar-refractivity contribution is 14.0. The molecule has 2 rings (SSSR count). The van der Waals surface area contributed by atoms with Gasteiger partial charge in [0, 0.05) is 36.1 Å². The van der Waals surface area contributed by atoms with Gasteiger partial charge in [-0.25, -0.2) is 9.98 Å². The van der Waals surface area contributed by atoms with Crippen LogP contribution in [0.15, 0.2) is 35.5 Å². The Hall–Kier alpha value is -2.21. The third-order valence-electron chi connectivity index (χ3n) is 3.70. The summed E-state index contributed by atoms with van der Waals surface area (Å²) in [5.74, 6) is -0.173. The zero-order valence-corrected chi connectivity index (χ0v) is 19.7. The predicted octanol–water partition coefficient (Wildman–Crippen LogP) is 1.58. The van der Waals surface area contributed by atoms with E-state index in [0.29, 0.717) is 12.1 Å². The number of halogens is 1. The number of primary amides is 1. The number of nitrogens with two attached hydrogens (primary N) is 1. The van der Waals surface area contributed by atoms with Crippen molar-refractivity contribution in [1.82, 2.24) is 20.9 Å². The van der Waals surface area contributed by atoms with Gasteiger partial charge in [0.15, 0.2) is 5.96 Å². The highest BCUT2D eigenvalue weighted by Crippen LogP contribution is 2.11. The van der Waals surface area contributed by atoms with E-state index in [1.165, 1.54) is 4.88 Å². The minimum absolute atomic E-state index is 0. The average molecular weight is 530 g/mol. The minimum atomic E-state index is -0.576. The predicted molar refractivity (Wildman–Crippen MR) is 127 cm³/mol. The van der Waals surface area contributed by atoms with Crippen molar-refractivity contribution in [3.8, 4) is 0 Å². The molecule has 0 fully saturated rings. The van der Waals surface area contributed by atoms with E-state index in [4.69, 9.17) is 5.73 Å². The third-order valence-corrected chi connectivity index (χ3v) is 4.68. The molecular weight excluding hydrogens is 503 g/mol. The summed E-state index contributed by atoms with van der Waals surface area (Å²) >= 11 is 1.70. The van der Waals surface area contributed by atoms with Crippen LogP contribution in [0.4, 0.5) is 0 Å². The summed E-state index contributed by atoms with van der Waals surface area (Å²) in [6.07, 6.45) is 2.73. The van der Waals surface area contributed by atoms with Crippen LogP contribution < -0.4 is 21.7 Å². The fourth-order valence-corrected chi connectivity index (χ4v) is 3.13. The van der Waals surface area contributed by atoms with Crippen LogP contribution in [0.3, 0.4) is 0 Å². The lowest BCUT2D eigenvalue weighted by molar-refractivity contribution is -0.117. The van der Waals surface area contributed by atoms with Crippen LogP contribution in [-0.4, -0.2) is 42.4 Å². The normalized spacial score (nSPS) is 10.8. The Labute approximate surface area is 191 Å². The Kier molecular flexibility index (Phi) is 11.2. The number of carbonyl (C=O) groups is 2. The Morgan fingerprint density at radius 3 is 2.48 bits per heavy atom. The fraction of sp³-hybridized carbons (Fsp3) is 0.368. The van der Waals surface area contributed by atoms with E-state index in [1.54, 1.807) is 23.5 Å². The minimum Gasteiger partial charge on any atom is -0.368 e. The number of carbonyl (C=O) groups excluding carboxylic acids is 2. The van der Waals surface area contributed by atoms with E-state index in [-0.39, 0.29) is 36.4 Å². The van der Waals surface area contributed by atoms with Gasteiger partial charge in [0.05, 0.1) is 18.1 Å². The number of aliphatic imine (C=N–C) groups is 1. The molecule has 8 nitrogen and oxygen atoms in total. The van der Waals surface area contributed by atoms with E-state index in [9.17, 15) is 9.59 Å². The Morgan fingerprint density at radius 1 is 1.17 bits per heavy atom. The zero-order chi connectivity index (χ0) is 20.4. The molecule has 0 spiro atoms. The zero-order valence-electron chi connectivity index (χ0n) is 16.5. The molecule has 1 aromatic heterocycles. The second-order valence-electron chi connectivity index (χ2n) is 6.08. The molecule has 0 atom stereocenters. The average Bonchev–Trinajstić information content (AvgIpc) is 3.09. The molecule has 0 saturated heterocycles. The molecule has 0 bridgehead atoms. The summed E-state index contributed by atoms with van der Waals surface area (Å²) in [5.41, 5.74) is 6.46. The van der Waals surface area contributed by atoms with Crippen LogP contribution in [0, 0.1) is 6.92 Å². The van der Waals surface area contributed by atoms with Crippen LogP contribution in [0.2, 0.25) is 0 Å². The molecule has 0 aliphatic rings. The Morgan fingerprint density at radius 2 is 1.90 bits per heavy atom. The molecule has 0 saturated carbocycles. The van der Waals surface area contributed by atoms with Crippen LogP contribution in [0.25, 0.3) is 0 Å². The van der Waals surface area contributed by atoms with Crippen LogP contribution in [0.5, 0.6) is 0 Å². The van der Waals surface area contributed by atoms with Crippen molar-refractivity contribution in [1.29, 1.82) is 0 Å². The fourth-order valence-electron chi connectivity index (χ4n) is 2.35. The first-order chi connectivity index (χ1) is 13.5. The van der Waals surface area contributed by atoms with Crippen molar-refractivity contribution in [2.45, 2.75) is 26.8 Å². The summed E-state index contributed by atoms with van der Waals surface area (Å²) in [6, 6.07) is 7.08. The lowest BCUT2D eigenvalue weighted by Crippen LogP contribution is -2.38. The first-order valence-corrected chi connectivity index (χ1v) is 9.88. The number of hydrogen-bond donors (Lipinski definition) is 4. The van der Waals surface area contributed by atoms with Crippen LogP contribution in [-0.2, 0) is 17.8 Å².